The van der Waals surface area contributed by atoms with Gasteiger partial charge in [-0.2, -0.15) is 8.42 Å². The predicted octanol–water partition coefficient (Wildman–Crippen LogP) is 1.99. The molecule has 3 N–H and O–H groups in total. The van der Waals surface area contributed by atoms with Crippen molar-refractivity contribution < 1.29 is 18.6 Å². The summed E-state index contributed by atoms with van der Waals surface area (Å²) in [7, 11) is -3.90. The Labute approximate surface area is 128 Å². The van der Waals surface area contributed by atoms with Crippen molar-refractivity contribution in [1.29, 1.82) is 0 Å². The SMILES string of the molecule is O=S1(=O)NC(O)=CN1c1ccc(Cc2ccccc2)cc1O. The van der Waals surface area contributed by atoms with Gasteiger partial charge in [0.2, 0.25) is 5.88 Å². The van der Waals surface area contributed by atoms with Gasteiger partial charge in [-0.25, -0.2) is 9.03 Å². The van der Waals surface area contributed by atoms with Crippen LogP contribution in [0, 0.1) is 0 Å². The summed E-state index contributed by atoms with van der Waals surface area (Å²) >= 11 is 0. The van der Waals surface area contributed by atoms with E-state index in [9.17, 15) is 18.6 Å². The number of anilines is 1. The maximum Gasteiger partial charge on any atom is 0.330 e. The molecule has 1 aliphatic rings. The molecule has 1 aliphatic heterocycles. The molecule has 6 nitrogen and oxygen atoms in total. The normalized spacial score (nSPS) is 16.2. The van der Waals surface area contributed by atoms with Crippen molar-refractivity contribution in [2.24, 2.45) is 0 Å². The number of phenolic OH excluding ortho intramolecular Hbond substituents is 1. The second-order valence-electron chi connectivity index (χ2n) is 4.90. The first-order valence-electron chi connectivity index (χ1n) is 6.54. The van der Waals surface area contributed by atoms with Crippen LogP contribution in [0.25, 0.3) is 0 Å². The summed E-state index contributed by atoms with van der Waals surface area (Å²) in [4.78, 5) is 0. The van der Waals surface area contributed by atoms with Gasteiger partial charge in [-0.15, -0.1) is 0 Å². The number of aliphatic hydroxyl groups is 1. The molecule has 0 unspecified atom stereocenters. The maximum atomic E-state index is 11.8. The minimum atomic E-state index is -3.90. The predicted molar refractivity (Wildman–Crippen MR) is 82.6 cm³/mol. The van der Waals surface area contributed by atoms with Crippen molar-refractivity contribution in [3.63, 3.8) is 0 Å². The molecule has 2 aromatic rings. The van der Waals surface area contributed by atoms with Crippen LogP contribution in [0.4, 0.5) is 5.69 Å². The number of nitrogens with zero attached hydrogens (tertiary/aromatic N) is 1. The largest absolute Gasteiger partial charge is 0.506 e. The first-order chi connectivity index (χ1) is 10.5. The summed E-state index contributed by atoms with van der Waals surface area (Å²) in [5.41, 5.74) is 2.02. The molecule has 22 heavy (non-hydrogen) atoms. The van der Waals surface area contributed by atoms with E-state index in [0.717, 1.165) is 21.6 Å². The Hall–Kier alpha value is -2.67. The summed E-state index contributed by atoms with van der Waals surface area (Å²) in [6, 6.07) is 14.5. The molecule has 0 saturated carbocycles. The van der Waals surface area contributed by atoms with E-state index in [4.69, 9.17) is 0 Å². The molecule has 0 fully saturated rings. The number of benzene rings is 2. The Balaban J connectivity index is 1.90. The molecule has 114 valence electrons. The zero-order chi connectivity index (χ0) is 15.7. The Morgan fingerprint density at radius 1 is 1.00 bits per heavy atom. The monoisotopic (exact) mass is 318 g/mol. The number of hydrogen-bond donors (Lipinski definition) is 3. The van der Waals surface area contributed by atoms with Gasteiger partial charge < -0.3 is 10.2 Å². The molecule has 0 spiro atoms. The Kier molecular flexibility index (Phi) is 3.42. The lowest BCUT2D eigenvalue weighted by Crippen LogP contribution is -2.29. The summed E-state index contributed by atoms with van der Waals surface area (Å²) in [6.45, 7) is 0. The summed E-state index contributed by atoms with van der Waals surface area (Å²) in [6.07, 6.45) is 1.63. The highest BCUT2D eigenvalue weighted by atomic mass is 32.2. The zero-order valence-electron chi connectivity index (χ0n) is 11.5. The molecule has 0 aliphatic carbocycles. The smallest absolute Gasteiger partial charge is 0.330 e. The van der Waals surface area contributed by atoms with Crippen LogP contribution in [0.15, 0.2) is 60.6 Å². The lowest BCUT2D eigenvalue weighted by Gasteiger charge is -2.16. The minimum absolute atomic E-state index is 0.0772. The number of nitrogens with one attached hydrogen (secondary N) is 1. The van der Waals surface area contributed by atoms with Gasteiger partial charge in [0.25, 0.3) is 0 Å². The van der Waals surface area contributed by atoms with Crippen LogP contribution in [0.2, 0.25) is 0 Å². The summed E-state index contributed by atoms with van der Waals surface area (Å²) < 4.78 is 26.3. The number of hydrogen-bond acceptors (Lipinski definition) is 4. The Morgan fingerprint density at radius 3 is 2.32 bits per heavy atom. The van der Waals surface area contributed by atoms with Crippen LogP contribution >= 0.6 is 0 Å². The molecule has 1 heterocycles. The van der Waals surface area contributed by atoms with Gasteiger partial charge in [0, 0.05) is 0 Å². The lowest BCUT2D eigenvalue weighted by atomic mass is 10.0. The Morgan fingerprint density at radius 2 is 1.73 bits per heavy atom. The van der Waals surface area contributed by atoms with Crippen molar-refractivity contribution in [2.75, 3.05) is 4.31 Å². The quantitative estimate of drug-likeness (QED) is 0.807. The molecular weight excluding hydrogens is 304 g/mol. The van der Waals surface area contributed by atoms with Gasteiger partial charge >= 0.3 is 10.2 Å². The highest BCUT2D eigenvalue weighted by Gasteiger charge is 2.30. The van der Waals surface area contributed by atoms with Crippen LogP contribution in [0.3, 0.4) is 0 Å². The van der Waals surface area contributed by atoms with E-state index in [1.807, 2.05) is 35.1 Å². The summed E-state index contributed by atoms with van der Waals surface area (Å²) in [5.74, 6) is -0.669. The first kappa shape index (κ1) is 14.3. The van der Waals surface area contributed by atoms with Crippen molar-refractivity contribution in [3.05, 3.63) is 71.7 Å². The molecule has 7 heteroatoms. The molecule has 3 rings (SSSR count). The van der Waals surface area contributed by atoms with Crippen molar-refractivity contribution in [2.45, 2.75) is 6.42 Å². The van der Waals surface area contributed by atoms with E-state index < -0.39 is 16.1 Å². The number of aromatic hydroxyl groups is 1. The molecule has 0 bridgehead atoms. The van der Waals surface area contributed by atoms with Crippen LogP contribution in [0.5, 0.6) is 5.75 Å². The van der Waals surface area contributed by atoms with Gasteiger partial charge in [-0.3, -0.25) is 0 Å². The first-order valence-corrected chi connectivity index (χ1v) is 7.98. The average molecular weight is 318 g/mol. The Bertz CT molecular complexity index is 832. The average Bonchev–Trinajstić information content (AvgIpc) is 2.73. The fourth-order valence-electron chi connectivity index (χ4n) is 2.28. The molecule has 0 atom stereocenters. The van der Waals surface area contributed by atoms with Crippen molar-refractivity contribution in [1.82, 2.24) is 4.72 Å². The molecular formula is C15H14N2O4S. The van der Waals surface area contributed by atoms with Crippen LogP contribution in [-0.4, -0.2) is 18.6 Å². The highest BCUT2D eigenvalue weighted by molar-refractivity contribution is 7.91. The highest BCUT2D eigenvalue weighted by Crippen LogP contribution is 2.32. The third-order valence-corrected chi connectivity index (χ3v) is 4.55. The molecule has 0 amide bonds. The standard InChI is InChI=1S/C15H14N2O4S/c18-14-9-12(8-11-4-2-1-3-5-11)6-7-13(14)17-10-15(19)16-22(17,20)21/h1-7,9-10,16,18-19H,8H2. The number of rotatable bonds is 3. The van der Waals surface area contributed by atoms with Gasteiger partial charge in [0.15, 0.2) is 0 Å². The number of phenols is 1. The third kappa shape index (κ3) is 2.71. The van der Waals surface area contributed by atoms with Gasteiger partial charge in [0.1, 0.15) is 11.4 Å². The molecule has 2 aromatic carbocycles. The van der Waals surface area contributed by atoms with Crippen molar-refractivity contribution >= 4 is 15.9 Å². The lowest BCUT2D eigenvalue weighted by molar-refractivity contribution is 0.392. The van der Waals surface area contributed by atoms with Crippen LogP contribution < -0.4 is 9.03 Å². The van der Waals surface area contributed by atoms with Crippen molar-refractivity contribution in [3.8, 4) is 5.75 Å². The van der Waals surface area contributed by atoms with E-state index in [0.29, 0.717) is 6.42 Å². The van der Waals surface area contributed by atoms with E-state index in [-0.39, 0.29) is 11.4 Å². The molecule has 0 saturated heterocycles. The van der Waals surface area contributed by atoms with Gasteiger partial charge in [-0.1, -0.05) is 36.4 Å². The second kappa shape index (κ2) is 5.27. The van der Waals surface area contributed by atoms with Gasteiger partial charge in [-0.05, 0) is 29.7 Å². The molecule has 0 radical (unpaired) electrons. The minimum Gasteiger partial charge on any atom is -0.506 e. The maximum absolute atomic E-state index is 11.8. The molecule has 0 aromatic heterocycles. The fraction of sp³-hybridized carbons (Fsp3) is 0.0667. The van der Waals surface area contributed by atoms with Crippen LogP contribution in [-0.2, 0) is 16.6 Å². The third-order valence-electron chi connectivity index (χ3n) is 3.26. The van der Waals surface area contributed by atoms with E-state index in [2.05, 4.69) is 0 Å². The topological polar surface area (TPSA) is 89.9 Å². The summed E-state index contributed by atoms with van der Waals surface area (Å²) in [5, 5.41) is 19.4. The number of aliphatic hydroxyl groups excluding tert-OH is 1. The van der Waals surface area contributed by atoms with Crippen LogP contribution in [0.1, 0.15) is 11.1 Å². The van der Waals surface area contributed by atoms with E-state index >= 15 is 0 Å². The fourth-order valence-corrected chi connectivity index (χ4v) is 3.35. The van der Waals surface area contributed by atoms with E-state index in [1.165, 1.54) is 12.1 Å². The second-order valence-corrected chi connectivity index (χ2v) is 6.45. The van der Waals surface area contributed by atoms with E-state index in [1.54, 1.807) is 6.07 Å². The van der Waals surface area contributed by atoms with Gasteiger partial charge in [0.05, 0.1) is 6.20 Å². The zero-order valence-corrected chi connectivity index (χ0v) is 12.3.